The molecular formula is C21H22ClN5O. The number of nitrogens with zero attached hydrogens (tertiary/aromatic N) is 4. The van der Waals surface area contributed by atoms with Crippen molar-refractivity contribution in [1.29, 1.82) is 0 Å². The lowest BCUT2D eigenvalue weighted by Gasteiger charge is -2.30. The SMILES string of the molecule is Cc1c(C(=O)Nc2ccccc2N2CCCCC2)nnn1-c1cccc(Cl)c1. The van der Waals surface area contributed by atoms with E-state index in [2.05, 4.69) is 26.6 Å². The van der Waals surface area contributed by atoms with Crippen molar-refractivity contribution in [1.82, 2.24) is 15.0 Å². The molecule has 2 heterocycles. The van der Waals surface area contributed by atoms with E-state index in [1.807, 2.05) is 37.3 Å². The molecule has 1 aliphatic rings. The first kappa shape index (κ1) is 18.5. The second-order valence-corrected chi connectivity index (χ2v) is 7.37. The van der Waals surface area contributed by atoms with Crippen LogP contribution in [0.1, 0.15) is 35.4 Å². The third-order valence-corrected chi connectivity index (χ3v) is 5.25. The van der Waals surface area contributed by atoms with Crippen molar-refractivity contribution in [3.63, 3.8) is 0 Å². The summed E-state index contributed by atoms with van der Waals surface area (Å²) in [5.74, 6) is -0.268. The molecule has 6 nitrogen and oxygen atoms in total. The molecule has 0 radical (unpaired) electrons. The zero-order chi connectivity index (χ0) is 19.5. The summed E-state index contributed by atoms with van der Waals surface area (Å²) >= 11 is 6.07. The summed E-state index contributed by atoms with van der Waals surface area (Å²) in [6, 6.07) is 15.2. The molecule has 0 aliphatic carbocycles. The summed E-state index contributed by atoms with van der Waals surface area (Å²) in [6.07, 6.45) is 3.61. The molecule has 7 heteroatoms. The largest absolute Gasteiger partial charge is 0.370 e. The molecule has 0 unspecified atom stereocenters. The van der Waals surface area contributed by atoms with Gasteiger partial charge in [-0.15, -0.1) is 5.10 Å². The van der Waals surface area contributed by atoms with Crippen molar-refractivity contribution >= 4 is 28.9 Å². The summed E-state index contributed by atoms with van der Waals surface area (Å²) in [6.45, 7) is 3.85. The highest BCUT2D eigenvalue weighted by atomic mass is 35.5. The fourth-order valence-corrected chi connectivity index (χ4v) is 3.75. The molecule has 2 aromatic carbocycles. The molecule has 0 spiro atoms. The van der Waals surface area contributed by atoms with Crippen LogP contribution in [0, 0.1) is 6.92 Å². The lowest BCUT2D eigenvalue weighted by molar-refractivity contribution is 0.102. The maximum atomic E-state index is 12.9. The molecule has 3 aromatic rings. The summed E-state index contributed by atoms with van der Waals surface area (Å²) < 4.78 is 1.62. The molecule has 1 fully saturated rings. The second-order valence-electron chi connectivity index (χ2n) is 6.93. The minimum atomic E-state index is -0.268. The van der Waals surface area contributed by atoms with Crippen LogP contribution in [-0.4, -0.2) is 34.0 Å². The van der Waals surface area contributed by atoms with Gasteiger partial charge in [0.15, 0.2) is 5.69 Å². The van der Waals surface area contributed by atoms with E-state index in [0.29, 0.717) is 16.4 Å². The standard InChI is InChI=1S/C21H22ClN5O/c1-15-20(24-25-27(15)17-9-7-8-16(22)14-17)21(28)23-18-10-3-4-11-19(18)26-12-5-2-6-13-26/h3-4,7-11,14H,2,5-6,12-13H2,1H3,(H,23,28). The van der Waals surface area contributed by atoms with Crippen LogP contribution in [0.5, 0.6) is 0 Å². The van der Waals surface area contributed by atoms with Gasteiger partial charge in [-0.05, 0) is 56.5 Å². The van der Waals surface area contributed by atoms with E-state index in [-0.39, 0.29) is 5.91 Å². The number of nitrogens with one attached hydrogen (secondary N) is 1. The first-order valence-electron chi connectivity index (χ1n) is 9.47. The fourth-order valence-electron chi connectivity index (χ4n) is 3.56. The molecule has 0 bridgehead atoms. The zero-order valence-electron chi connectivity index (χ0n) is 15.7. The number of halogens is 1. The van der Waals surface area contributed by atoms with E-state index in [9.17, 15) is 4.79 Å². The maximum absolute atomic E-state index is 12.9. The Morgan fingerprint density at radius 2 is 1.86 bits per heavy atom. The predicted octanol–water partition coefficient (Wildman–Crippen LogP) is 4.47. The number of carbonyl (C=O) groups excluding carboxylic acids is 1. The molecule has 0 saturated carbocycles. The van der Waals surface area contributed by atoms with Gasteiger partial charge in [-0.1, -0.05) is 35.0 Å². The molecule has 1 aromatic heterocycles. The number of piperidine rings is 1. The van der Waals surface area contributed by atoms with Gasteiger partial charge in [0.05, 0.1) is 22.8 Å². The molecule has 144 valence electrons. The van der Waals surface area contributed by atoms with E-state index >= 15 is 0 Å². The third-order valence-electron chi connectivity index (χ3n) is 5.01. The molecular weight excluding hydrogens is 374 g/mol. The topological polar surface area (TPSA) is 63.1 Å². The first-order chi connectivity index (χ1) is 13.6. The number of anilines is 2. The lowest BCUT2D eigenvalue weighted by atomic mass is 10.1. The summed E-state index contributed by atoms with van der Waals surface area (Å²) in [5.41, 5.74) is 3.58. The predicted molar refractivity (Wildman–Crippen MR) is 112 cm³/mol. The van der Waals surface area contributed by atoms with Gasteiger partial charge in [0, 0.05) is 18.1 Å². The number of hydrogen-bond acceptors (Lipinski definition) is 4. The average Bonchev–Trinajstić information content (AvgIpc) is 3.10. The van der Waals surface area contributed by atoms with Gasteiger partial charge in [0.25, 0.3) is 5.91 Å². The number of carbonyl (C=O) groups is 1. The van der Waals surface area contributed by atoms with Crippen molar-refractivity contribution in [2.24, 2.45) is 0 Å². The van der Waals surface area contributed by atoms with Gasteiger partial charge >= 0.3 is 0 Å². The lowest BCUT2D eigenvalue weighted by Crippen LogP contribution is -2.30. The van der Waals surface area contributed by atoms with Crippen LogP contribution in [0.15, 0.2) is 48.5 Å². The Labute approximate surface area is 169 Å². The molecule has 1 aliphatic heterocycles. The molecule has 1 saturated heterocycles. The number of hydrogen-bond donors (Lipinski definition) is 1. The Balaban J connectivity index is 1.58. The Morgan fingerprint density at radius 3 is 2.64 bits per heavy atom. The molecule has 28 heavy (non-hydrogen) atoms. The van der Waals surface area contributed by atoms with Gasteiger partial charge in [0.1, 0.15) is 0 Å². The molecule has 1 N–H and O–H groups in total. The molecule has 1 amide bonds. The van der Waals surface area contributed by atoms with Crippen LogP contribution >= 0.6 is 11.6 Å². The van der Waals surface area contributed by atoms with E-state index in [1.54, 1.807) is 16.8 Å². The smallest absolute Gasteiger partial charge is 0.278 e. The van der Waals surface area contributed by atoms with Crippen molar-refractivity contribution in [2.45, 2.75) is 26.2 Å². The van der Waals surface area contributed by atoms with Crippen molar-refractivity contribution in [2.75, 3.05) is 23.3 Å². The number of benzene rings is 2. The highest BCUT2D eigenvalue weighted by Crippen LogP contribution is 2.28. The minimum Gasteiger partial charge on any atom is -0.370 e. The quantitative estimate of drug-likeness (QED) is 0.707. The van der Waals surface area contributed by atoms with Crippen molar-refractivity contribution in [3.8, 4) is 5.69 Å². The summed E-state index contributed by atoms with van der Waals surface area (Å²) in [5, 5.41) is 11.9. The average molecular weight is 396 g/mol. The maximum Gasteiger partial charge on any atom is 0.278 e. The van der Waals surface area contributed by atoms with E-state index in [1.165, 1.54) is 19.3 Å². The Bertz CT molecular complexity index is 994. The van der Waals surface area contributed by atoms with E-state index in [0.717, 1.165) is 30.2 Å². The Morgan fingerprint density at radius 1 is 1.07 bits per heavy atom. The van der Waals surface area contributed by atoms with Gasteiger partial charge in [0.2, 0.25) is 0 Å². The number of para-hydroxylation sites is 2. The normalized spacial score (nSPS) is 14.1. The van der Waals surface area contributed by atoms with Crippen LogP contribution in [0.3, 0.4) is 0 Å². The van der Waals surface area contributed by atoms with E-state index < -0.39 is 0 Å². The second kappa shape index (κ2) is 8.02. The number of rotatable bonds is 4. The van der Waals surface area contributed by atoms with Crippen LogP contribution in [0.4, 0.5) is 11.4 Å². The number of aromatic nitrogens is 3. The van der Waals surface area contributed by atoms with Gasteiger partial charge in [-0.25, -0.2) is 4.68 Å². The molecule has 0 atom stereocenters. The van der Waals surface area contributed by atoms with E-state index in [4.69, 9.17) is 11.6 Å². The fraction of sp³-hybridized carbons (Fsp3) is 0.286. The third kappa shape index (κ3) is 3.73. The van der Waals surface area contributed by atoms with Crippen LogP contribution < -0.4 is 10.2 Å². The van der Waals surface area contributed by atoms with Crippen LogP contribution in [0.25, 0.3) is 5.69 Å². The molecule has 4 rings (SSSR count). The Hall–Kier alpha value is -2.86. The monoisotopic (exact) mass is 395 g/mol. The highest BCUT2D eigenvalue weighted by molar-refractivity contribution is 6.30. The van der Waals surface area contributed by atoms with Gasteiger partial charge in [-0.2, -0.15) is 0 Å². The number of amides is 1. The van der Waals surface area contributed by atoms with Gasteiger partial charge in [-0.3, -0.25) is 4.79 Å². The minimum absolute atomic E-state index is 0.268. The highest BCUT2D eigenvalue weighted by Gasteiger charge is 2.20. The summed E-state index contributed by atoms with van der Waals surface area (Å²) in [4.78, 5) is 15.2. The van der Waals surface area contributed by atoms with Crippen molar-refractivity contribution < 1.29 is 4.79 Å². The van der Waals surface area contributed by atoms with Crippen LogP contribution in [0.2, 0.25) is 5.02 Å². The van der Waals surface area contributed by atoms with Crippen molar-refractivity contribution in [3.05, 3.63) is 64.9 Å². The zero-order valence-corrected chi connectivity index (χ0v) is 16.5. The van der Waals surface area contributed by atoms with Gasteiger partial charge < -0.3 is 10.2 Å². The summed E-state index contributed by atoms with van der Waals surface area (Å²) in [7, 11) is 0. The van der Waals surface area contributed by atoms with Crippen LogP contribution in [-0.2, 0) is 0 Å². The Kier molecular flexibility index (Phi) is 5.30. The first-order valence-corrected chi connectivity index (χ1v) is 9.85.